The molecule has 2 heterocycles. The normalized spacial score (nSPS) is 15.1. The summed E-state index contributed by atoms with van der Waals surface area (Å²) in [5.74, 6) is -0.251. The number of nitrogens with zero attached hydrogens (tertiary/aromatic N) is 1. The molecule has 1 N–H and O–H groups in total. The minimum Gasteiger partial charge on any atom is -0.479 e. The Bertz CT molecular complexity index is 1510. The van der Waals surface area contributed by atoms with Crippen LogP contribution in [0.1, 0.15) is 65.9 Å². The quantitative estimate of drug-likeness (QED) is 0.265. The van der Waals surface area contributed by atoms with E-state index in [4.69, 9.17) is 9.47 Å². The van der Waals surface area contributed by atoms with Gasteiger partial charge in [-0.15, -0.1) is 0 Å². The molecule has 1 aliphatic heterocycles. The zero-order chi connectivity index (χ0) is 27.5. The number of aryl methyl sites for hydroxylation is 1. The number of hydrogen-bond acceptors (Lipinski definition) is 4. The molecule has 7 heteroatoms. The van der Waals surface area contributed by atoms with Crippen molar-refractivity contribution in [2.75, 3.05) is 6.61 Å². The van der Waals surface area contributed by atoms with E-state index in [2.05, 4.69) is 35.9 Å². The van der Waals surface area contributed by atoms with Crippen LogP contribution in [0.5, 0.6) is 5.75 Å². The molecular formula is C32H33FN2O4. The molecule has 202 valence electrons. The molecule has 0 saturated carbocycles. The van der Waals surface area contributed by atoms with E-state index in [1.54, 1.807) is 12.1 Å². The summed E-state index contributed by atoms with van der Waals surface area (Å²) in [6.07, 6.45) is 0.490. The number of amides is 1. The van der Waals surface area contributed by atoms with Crippen molar-refractivity contribution in [3.05, 3.63) is 100 Å². The van der Waals surface area contributed by atoms with Gasteiger partial charge >= 0.3 is 5.97 Å². The van der Waals surface area contributed by atoms with Crippen molar-refractivity contribution in [3.63, 3.8) is 0 Å². The van der Waals surface area contributed by atoms with Gasteiger partial charge in [-0.05, 0) is 47.2 Å². The van der Waals surface area contributed by atoms with Crippen LogP contribution in [0, 0.1) is 5.82 Å². The molecule has 5 rings (SSSR count). The number of esters is 1. The van der Waals surface area contributed by atoms with Crippen molar-refractivity contribution in [2.24, 2.45) is 0 Å². The number of rotatable bonds is 9. The van der Waals surface area contributed by atoms with Gasteiger partial charge < -0.3 is 19.4 Å². The van der Waals surface area contributed by atoms with E-state index in [-0.39, 0.29) is 30.2 Å². The smallest absolute Gasteiger partial charge is 0.347 e. The van der Waals surface area contributed by atoms with Crippen LogP contribution in [0.4, 0.5) is 4.39 Å². The van der Waals surface area contributed by atoms with Crippen molar-refractivity contribution in [2.45, 2.75) is 58.7 Å². The topological polar surface area (TPSA) is 69.6 Å². The van der Waals surface area contributed by atoms with Crippen molar-refractivity contribution in [3.8, 4) is 5.75 Å². The van der Waals surface area contributed by atoms with Crippen molar-refractivity contribution in [1.29, 1.82) is 0 Å². The number of benzene rings is 3. The van der Waals surface area contributed by atoms with E-state index in [0.717, 1.165) is 22.2 Å². The summed E-state index contributed by atoms with van der Waals surface area (Å²) in [5, 5.41) is 3.80. The SMILES string of the molecule is CCc1ccc(CNC(=O)c2c(C(C)C)n(Cc3ccccc3)c3cc(OC4CCOC4=O)ccc23)cc1F. The Morgan fingerprint density at radius 1 is 1.10 bits per heavy atom. The number of carbonyl (C=O) groups is 2. The molecule has 1 amide bonds. The number of aromatic nitrogens is 1. The fourth-order valence-electron chi connectivity index (χ4n) is 5.20. The van der Waals surface area contributed by atoms with E-state index < -0.39 is 6.10 Å². The molecule has 6 nitrogen and oxygen atoms in total. The molecule has 0 bridgehead atoms. The van der Waals surface area contributed by atoms with Gasteiger partial charge in [0.2, 0.25) is 0 Å². The van der Waals surface area contributed by atoms with Crippen LogP contribution >= 0.6 is 0 Å². The molecule has 3 aromatic carbocycles. The zero-order valence-corrected chi connectivity index (χ0v) is 22.5. The van der Waals surface area contributed by atoms with Crippen LogP contribution < -0.4 is 10.1 Å². The molecule has 1 aromatic heterocycles. The third-order valence-electron chi connectivity index (χ3n) is 7.15. The molecule has 0 aliphatic carbocycles. The van der Waals surface area contributed by atoms with Gasteiger partial charge in [0, 0.05) is 36.7 Å². The minimum absolute atomic E-state index is 0.0392. The monoisotopic (exact) mass is 528 g/mol. The molecule has 1 saturated heterocycles. The Kier molecular flexibility index (Phi) is 7.68. The van der Waals surface area contributed by atoms with Crippen LogP contribution in [0.2, 0.25) is 0 Å². The number of hydrogen-bond donors (Lipinski definition) is 1. The third kappa shape index (κ3) is 5.53. The molecular weight excluding hydrogens is 495 g/mol. The Labute approximate surface area is 227 Å². The lowest BCUT2D eigenvalue weighted by atomic mass is 10.0. The molecule has 39 heavy (non-hydrogen) atoms. The van der Waals surface area contributed by atoms with Gasteiger partial charge in [-0.2, -0.15) is 0 Å². The summed E-state index contributed by atoms with van der Waals surface area (Å²) in [4.78, 5) is 25.7. The fraction of sp³-hybridized carbons (Fsp3) is 0.312. The van der Waals surface area contributed by atoms with E-state index in [0.29, 0.717) is 48.4 Å². The average Bonchev–Trinajstić information content (AvgIpc) is 3.48. The van der Waals surface area contributed by atoms with E-state index in [9.17, 15) is 14.0 Å². The predicted molar refractivity (Wildman–Crippen MR) is 149 cm³/mol. The van der Waals surface area contributed by atoms with Gasteiger partial charge in [-0.1, -0.05) is 63.2 Å². The second-order valence-electron chi connectivity index (χ2n) is 10.2. The van der Waals surface area contributed by atoms with Crippen molar-refractivity contribution >= 4 is 22.8 Å². The lowest BCUT2D eigenvalue weighted by Crippen LogP contribution is -2.24. The standard InChI is InChI=1S/C32H33FN2O4/c1-4-23-11-10-22(16-26(23)33)18-34-31(36)29-25-13-12-24(39-28-14-15-38-32(28)37)17-27(25)35(30(29)20(2)3)19-21-8-6-5-7-9-21/h5-13,16-17,20,28H,4,14-15,18-19H2,1-3H3,(H,34,36). The maximum absolute atomic E-state index is 14.3. The summed E-state index contributed by atoms with van der Waals surface area (Å²) >= 11 is 0. The summed E-state index contributed by atoms with van der Waals surface area (Å²) in [6, 6.07) is 20.7. The molecule has 1 atom stereocenters. The summed E-state index contributed by atoms with van der Waals surface area (Å²) < 4.78 is 27.5. The van der Waals surface area contributed by atoms with Crippen LogP contribution in [-0.2, 0) is 29.0 Å². The first-order valence-corrected chi connectivity index (χ1v) is 13.4. The fourth-order valence-corrected chi connectivity index (χ4v) is 5.20. The first-order chi connectivity index (χ1) is 18.9. The second kappa shape index (κ2) is 11.3. The lowest BCUT2D eigenvalue weighted by Gasteiger charge is -2.16. The van der Waals surface area contributed by atoms with Crippen molar-refractivity contribution in [1.82, 2.24) is 9.88 Å². The minimum atomic E-state index is -0.633. The predicted octanol–water partition coefficient (Wildman–Crippen LogP) is 6.14. The van der Waals surface area contributed by atoms with Crippen LogP contribution in [-0.4, -0.2) is 29.2 Å². The molecule has 0 radical (unpaired) electrons. The first kappa shape index (κ1) is 26.5. The number of ether oxygens (including phenoxy) is 2. The molecule has 1 fully saturated rings. The highest BCUT2D eigenvalue weighted by molar-refractivity contribution is 6.09. The van der Waals surface area contributed by atoms with Gasteiger partial charge in [0.15, 0.2) is 6.10 Å². The molecule has 1 aliphatic rings. The number of fused-ring (bicyclic) bond motifs is 1. The number of nitrogens with one attached hydrogen (secondary N) is 1. The van der Waals surface area contributed by atoms with E-state index in [1.807, 2.05) is 43.3 Å². The van der Waals surface area contributed by atoms with Gasteiger partial charge in [-0.3, -0.25) is 4.79 Å². The Balaban J connectivity index is 1.54. The largest absolute Gasteiger partial charge is 0.479 e. The molecule has 1 unspecified atom stereocenters. The highest BCUT2D eigenvalue weighted by atomic mass is 19.1. The summed E-state index contributed by atoms with van der Waals surface area (Å²) in [6.45, 7) is 7.18. The first-order valence-electron chi connectivity index (χ1n) is 13.4. The highest BCUT2D eigenvalue weighted by Gasteiger charge is 2.29. The number of halogens is 1. The van der Waals surface area contributed by atoms with E-state index in [1.165, 1.54) is 6.07 Å². The lowest BCUT2D eigenvalue weighted by molar-refractivity contribution is -0.143. The van der Waals surface area contributed by atoms with Gasteiger partial charge in [0.05, 0.1) is 17.7 Å². The van der Waals surface area contributed by atoms with Gasteiger partial charge in [-0.25, -0.2) is 9.18 Å². The highest BCUT2D eigenvalue weighted by Crippen LogP contribution is 2.35. The van der Waals surface area contributed by atoms with E-state index >= 15 is 0 Å². The second-order valence-corrected chi connectivity index (χ2v) is 10.2. The maximum Gasteiger partial charge on any atom is 0.347 e. The van der Waals surface area contributed by atoms with Gasteiger partial charge in [0.1, 0.15) is 11.6 Å². The summed E-state index contributed by atoms with van der Waals surface area (Å²) in [5.41, 5.74) is 4.79. The Morgan fingerprint density at radius 3 is 2.56 bits per heavy atom. The van der Waals surface area contributed by atoms with Gasteiger partial charge in [0.25, 0.3) is 5.91 Å². The molecule has 4 aromatic rings. The number of cyclic esters (lactones) is 1. The molecule has 0 spiro atoms. The van der Waals surface area contributed by atoms with Crippen molar-refractivity contribution < 1.29 is 23.5 Å². The third-order valence-corrected chi connectivity index (χ3v) is 7.15. The Hall–Kier alpha value is -4.13. The summed E-state index contributed by atoms with van der Waals surface area (Å²) in [7, 11) is 0. The Morgan fingerprint density at radius 2 is 1.90 bits per heavy atom. The van der Waals surface area contributed by atoms with Crippen LogP contribution in [0.3, 0.4) is 0 Å². The van der Waals surface area contributed by atoms with Crippen LogP contribution in [0.15, 0.2) is 66.7 Å². The zero-order valence-electron chi connectivity index (χ0n) is 22.5. The maximum atomic E-state index is 14.3. The van der Waals surface area contributed by atoms with Crippen LogP contribution in [0.25, 0.3) is 10.9 Å². The average molecular weight is 529 g/mol. The number of carbonyl (C=O) groups excluding carboxylic acids is 2.